The molecule has 19 heavy (non-hydrogen) atoms. The van der Waals surface area contributed by atoms with Gasteiger partial charge in [-0.1, -0.05) is 6.92 Å². The number of hydrogen-bond donors (Lipinski definition) is 0. The Labute approximate surface area is 110 Å². The predicted molar refractivity (Wildman–Crippen MR) is 70.4 cm³/mol. The third kappa shape index (κ3) is 2.81. The van der Waals surface area contributed by atoms with Crippen molar-refractivity contribution in [2.24, 2.45) is 5.92 Å². The van der Waals surface area contributed by atoms with Crippen molar-refractivity contribution in [2.75, 3.05) is 18.0 Å². The smallest absolute Gasteiger partial charge is 0.299 e. The fourth-order valence-corrected chi connectivity index (χ4v) is 2.45. The van der Waals surface area contributed by atoms with Gasteiger partial charge in [0.15, 0.2) is 0 Å². The van der Waals surface area contributed by atoms with E-state index in [0.29, 0.717) is 11.6 Å². The summed E-state index contributed by atoms with van der Waals surface area (Å²) in [7, 11) is 0. The number of rotatable bonds is 3. The van der Waals surface area contributed by atoms with E-state index in [4.69, 9.17) is 0 Å². The monoisotopic (exact) mass is 265 g/mol. The average Bonchev–Trinajstić information content (AvgIpc) is 2.37. The highest BCUT2D eigenvalue weighted by Crippen LogP contribution is 2.34. The van der Waals surface area contributed by atoms with Crippen LogP contribution in [0.25, 0.3) is 0 Å². The van der Waals surface area contributed by atoms with E-state index in [0.717, 1.165) is 32.0 Å². The molecule has 0 N–H and O–H groups in total. The summed E-state index contributed by atoms with van der Waals surface area (Å²) in [6.45, 7) is 3.60. The van der Waals surface area contributed by atoms with Crippen LogP contribution in [0.1, 0.15) is 19.8 Å². The molecule has 1 saturated heterocycles. The zero-order chi connectivity index (χ0) is 14.0. The Bertz CT molecular complexity index is 518. The Morgan fingerprint density at radius 2 is 2.00 bits per heavy atom. The minimum absolute atomic E-state index is 0.191. The van der Waals surface area contributed by atoms with Crippen LogP contribution in [-0.4, -0.2) is 22.9 Å². The van der Waals surface area contributed by atoms with Crippen molar-refractivity contribution in [1.29, 1.82) is 0 Å². The maximum atomic E-state index is 11.1. The summed E-state index contributed by atoms with van der Waals surface area (Å²) in [4.78, 5) is 22.5. The van der Waals surface area contributed by atoms with Crippen LogP contribution >= 0.6 is 0 Å². The number of anilines is 1. The summed E-state index contributed by atoms with van der Waals surface area (Å²) in [5.74, 6) is 0.476. The molecule has 1 aliphatic rings. The van der Waals surface area contributed by atoms with Crippen molar-refractivity contribution in [2.45, 2.75) is 19.8 Å². The number of nitro groups is 2. The van der Waals surface area contributed by atoms with Gasteiger partial charge >= 0.3 is 0 Å². The lowest BCUT2D eigenvalue weighted by molar-refractivity contribution is -0.393. The first-order chi connectivity index (χ1) is 8.99. The number of non-ortho nitro benzene ring substituents is 1. The third-order valence-corrected chi connectivity index (χ3v) is 3.36. The highest BCUT2D eigenvalue weighted by atomic mass is 16.6. The molecule has 0 saturated carbocycles. The number of piperidine rings is 1. The van der Waals surface area contributed by atoms with Crippen LogP contribution in [0.3, 0.4) is 0 Å². The van der Waals surface area contributed by atoms with Gasteiger partial charge in [-0.3, -0.25) is 20.2 Å². The van der Waals surface area contributed by atoms with E-state index < -0.39 is 9.85 Å². The minimum Gasteiger partial charge on any atom is -0.366 e. The summed E-state index contributed by atoms with van der Waals surface area (Å²) < 4.78 is 0. The molecule has 1 aliphatic heterocycles. The number of benzene rings is 1. The zero-order valence-corrected chi connectivity index (χ0v) is 10.6. The van der Waals surface area contributed by atoms with Crippen molar-refractivity contribution in [3.63, 3.8) is 0 Å². The molecule has 0 bridgehead atoms. The highest BCUT2D eigenvalue weighted by Gasteiger charge is 2.26. The van der Waals surface area contributed by atoms with E-state index in [2.05, 4.69) is 6.92 Å². The quantitative estimate of drug-likeness (QED) is 0.619. The molecule has 7 heteroatoms. The summed E-state index contributed by atoms with van der Waals surface area (Å²) in [5, 5.41) is 21.8. The molecule has 1 aromatic rings. The first-order valence-electron chi connectivity index (χ1n) is 6.17. The van der Waals surface area contributed by atoms with Gasteiger partial charge in [-0.25, -0.2) is 0 Å². The van der Waals surface area contributed by atoms with Crippen LogP contribution in [0.2, 0.25) is 0 Å². The van der Waals surface area contributed by atoms with Crippen molar-refractivity contribution in [3.05, 3.63) is 38.4 Å². The Morgan fingerprint density at radius 1 is 1.26 bits per heavy atom. The van der Waals surface area contributed by atoms with E-state index in [1.807, 2.05) is 4.90 Å². The lowest BCUT2D eigenvalue weighted by Crippen LogP contribution is -2.34. The van der Waals surface area contributed by atoms with Crippen LogP contribution in [-0.2, 0) is 0 Å². The van der Waals surface area contributed by atoms with Crippen LogP contribution in [0.5, 0.6) is 0 Å². The van der Waals surface area contributed by atoms with Crippen molar-refractivity contribution in [3.8, 4) is 0 Å². The lowest BCUT2D eigenvalue weighted by atomic mass is 9.99. The molecule has 1 aromatic carbocycles. The van der Waals surface area contributed by atoms with Gasteiger partial charge in [0.25, 0.3) is 11.4 Å². The van der Waals surface area contributed by atoms with Crippen molar-refractivity contribution >= 4 is 17.1 Å². The SMILES string of the molecule is C[C@H]1CCCN(c2ccc([N+](=O)[O-])cc2[N+](=O)[O-])C1. The van der Waals surface area contributed by atoms with E-state index >= 15 is 0 Å². The second-order valence-electron chi connectivity index (χ2n) is 4.88. The van der Waals surface area contributed by atoms with Gasteiger partial charge in [-0.2, -0.15) is 0 Å². The molecule has 0 radical (unpaired) electrons. The third-order valence-electron chi connectivity index (χ3n) is 3.36. The average molecular weight is 265 g/mol. The van der Waals surface area contributed by atoms with E-state index in [9.17, 15) is 20.2 Å². The topological polar surface area (TPSA) is 89.5 Å². The summed E-state index contributed by atoms with van der Waals surface area (Å²) in [5.41, 5.74) is 0.0333. The largest absolute Gasteiger partial charge is 0.366 e. The molecule has 0 aromatic heterocycles. The molecule has 1 atom stereocenters. The van der Waals surface area contributed by atoms with Crippen molar-refractivity contribution < 1.29 is 9.85 Å². The predicted octanol–water partition coefficient (Wildman–Crippen LogP) is 2.74. The Kier molecular flexibility index (Phi) is 3.64. The van der Waals surface area contributed by atoms with E-state index in [1.54, 1.807) is 0 Å². The minimum atomic E-state index is -0.615. The number of hydrogen-bond acceptors (Lipinski definition) is 5. The standard InChI is InChI=1S/C12H15N3O4/c1-9-3-2-6-13(8-9)11-5-4-10(14(16)17)7-12(11)15(18)19/h4-5,7,9H,2-3,6,8H2,1H3/t9-/m0/s1. The van der Waals surface area contributed by atoms with E-state index in [1.165, 1.54) is 12.1 Å². The second kappa shape index (κ2) is 5.21. The molecule has 1 heterocycles. The van der Waals surface area contributed by atoms with Gasteiger partial charge in [-0.05, 0) is 24.8 Å². The van der Waals surface area contributed by atoms with Crippen LogP contribution in [0.15, 0.2) is 18.2 Å². The van der Waals surface area contributed by atoms with Gasteiger partial charge in [0.2, 0.25) is 0 Å². The Balaban J connectivity index is 2.38. The Hall–Kier alpha value is -2.18. The van der Waals surface area contributed by atoms with Crippen LogP contribution in [0, 0.1) is 26.1 Å². The lowest BCUT2D eigenvalue weighted by Gasteiger charge is -2.32. The van der Waals surface area contributed by atoms with Gasteiger partial charge in [0.1, 0.15) is 5.69 Å². The van der Waals surface area contributed by atoms with Crippen molar-refractivity contribution in [1.82, 2.24) is 0 Å². The fraction of sp³-hybridized carbons (Fsp3) is 0.500. The van der Waals surface area contributed by atoms with Gasteiger partial charge < -0.3 is 4.90 Å². The molecular weight excluding hydrogens is 250 g/mol. The van der Waals surface area contributed by atoms with Crippen LogP contribution in [0.4, 0.5) is 17.1 Å². The first-order valence-corrected chi connectivity index (χ1v) is 6.17. The molecule has 102 valence electrons. The maximum absolute atomic E-state index is 11.1. The normalized spacial score (nSPS) is 19.2. The molecule has 1 fully saturated rings. The molecule has 0 aliphatic carbocycles. The molecule has 7 nitrogen and oxygen atoms in total. The van der Waals surface area contributed by atoms with Gasteiger partial charge in [0, 0.05) is 19.2 Å². The Morgan fingerprint density at radius 3 is 2.58 bits per heavy atom. The number of nitro benzene ring substituents is 2. The second-order valence-corrected chi connectivity index (χ2v) is 4.88. The zero-order valence-electron chi connectivity index (χ0n) is 10.6. The van der Waals surface area contributed by atoms with Gasteiger partial charge in [0.05, 0.1) is 15.9 Å². The summed E-state index contributed by atoms with van der Waals surface area (Å²) in [6.07, 6.45) is 2.09. The molecule has 0 unspecified atom stereocenters. The molecule has 2 rings (SSSR count). The molecule has 0 spiro atoms. The molecular formula is C12H15N3O4. The first kappa shape index (κ1) is 13.3. The summed E-state index contributed by atoms with van der Waals surface area (Å²) >= 11 is 0. The van der Waals surface area contributed by atoms with Gasteiger partial charge in [-0.15, -0.1) is 0 Å². The van der Waals surface area contributed by atoms with E-state index in [-0.39, 0.29) is 11.4 Å². The van der Waals surface area contributed by atoms with Crippen LogP contribution < -0.4 is 4.90 Å². The maximum Gasteiger partial charge on any atom is 0.299 e. The highest BCUT2D eigenvalue weighted by molar-refractivity contribution is 5.67. The number of nitrogens with zero attached hydrogens (tertiary/aromatic N) is 3. The summed E-state index contributed by atoms with van der Waals surface area (Å²) in [6, 6.07) is 3.84. The molecule has 0 amide bonds. The fourth-order valence-electron chi connectivity index (χ4n) is 2.45.